The second kappa shape index (κ2) is 10.6. The van der Waals surface area contributed by atoms with Crippen molar-refractivity contribution in [2.45, 2.75) is 39.0 Å². The number of anilines is 2. The largest absolute Gasteiger partial charge is 0.491 e. The zero-order valence-corrected chi connectivity index (χ0v) is 19.1. The summed E-state index contributed by atoms with van der Waals surface area (Å²) in [5.74, 6) is -0.156. The van der Waals surface area contributed by atoms with E-state index < -0.39 is 23.8 Å². The van der Waals surface area contributed by atoms with Gasteiger partial charge in [-0.05, 0) is 61.7 Å². The maximum Gasteiger partial charge on any atom is 0.419 e. The molecule has 2 atom stereocenters. The third-order valence-corrected chi connectivity index (χ3v) is 5.43. The number of carbonyl (C=O) groups excluding carboxylic acids is 1. The highest BCUT2D eigenvalue weighted by molar-refractivity contribution is 5.83. The van der Waals surface area contributed by atoms with Gasteiger partial charge in [0.2, 0.25) is 5.91 Å². The highest BCUT2D eigenvalue weighted by atomic mass is 19.4. The molecule has 3 rings (SSSR count). The molecule has 0 radical (unpaired) electrons. The third kappa shape index (κ3) is 6.77. The van der Waals surface area contributed by atoms with Gasteiger partial charge in [0.15, 0.2) is 5.88 Å². The summed E-state index contributed by atoms with van der Waals surface area (Å²) in [5, 5.41) is 15.6. The molecule has 0 aliphatic heterocycles. The number of alkyl halides is 3. The first-order chi connectivity index (χ1) is 16.0. The molecule has 0 fully saturated rings. The lowest BCUT2D eigenvalue weighted by molar-refractivity contribution is -0.137. The summed E-state index contributed by atoms with van der Waals surface area (Å²) in [4.78, 5) is 12.5. The number of furan rings is 1. The van der Waals surface area contributed by atoms with E-state index in [1.165, 1.54) is 0 Å². The Morgan fingerprint density at radius 2 is 1.79 bits per heavy atom. The normalized spacial score (nSPS) is 13.3. The maximum atomic E-state index is 12.7. The summed E-state index contributed by atoms with van der Waals surface area (Å²) in [7, 11) is 0. The molecule has 3 aromatic rings. The molecule has 0 saturated heterocycles. The number of halogens is 3. The lowest BCUT2D eigenvalue weighted by Crippen LogP contribution is -2.37. The summed E-state index contributed by atoms with van der Waals surface area (Å²) in [6.07, 6.45) is -4.71. The van der Waals surface area contributed by atoms with Gasteiger partial charge in [0, 0.05) is 18.3 Å². The van der Waals surface area contributed by atoms with Crippen LogP contribution in [0.4, 0.5) is 24.7 Å². The van der Waals surface area contributed by atoms with Crippen LogP contribution in [0.2, 0.25) is 0 Å². The van der Waals surface area contributed by atoms with Crippen LogP contribution in [0, 0.1) is 13.8 Å². The number of hydrogen-bond acceptors (Lipinski definition) is 5. The van der Waals surface area contributed by atoms with Crippen LogP contribution in [0.25, 0.3) is 0 Å². The Balaban J connectivity index is 1.47. The number of carbonyl (C=O) groups is 1. The minimum absolute atomic E-state index is 0.0354. The van der Waals surface area contributed by atoms with Crippen LogP contribution in [0.3, 0.4) is 0 Å². The number of aliphatic hydroxyl groups excluding tert-OH is 1. The molecule has 2 unspecified atom stereocenters. The van der Waals surface area contributed by atoms with Crippen molar-refractivity contribution in [1.82, 2.24) is 5.32 Å². The summed E-state index contributed by atoms with van der Waals surface area (Å²) in [5.41, 5.74) is 2.58. The molecule has 0 bridgehead atoms. The smallest absolute Gasteiger partial charge is 0.419 e. The Kier molecular flexibility index (Phi) is 7.88. The highest BCUT2D eigenvalue weighted by Gasteiger charge is 2.32. The Bertz CT molecular complexity index is 1110. The Morgan fingerprint density at radius 3 is 2.41 bits per heavy atom. The molecule has 0 spiro atoms. The first kappa shape index (κ1) is 25.2. The average Bonchev–Trinajstić information content (AvgIpc) is 3.27. The Hall–Kier alpha value is -3.46. The zero-order valence-electron chi connectivity index (χ0n) is 19.1. The molecule has 9 heteroatoms. The fraction of sp³-hybridized carbons (Fsp3) is 0.320. The minimum atomic E-state index is -4.48. The van der Waals surface area contributed by atoms with Crippen molar-refractivity contribution in [2.75, 3.05) is 18.5 Å². The summed E-state index contributed by atoms with van der Waals surface area (Å²) < 4.78 is 48.5. The van der Waals surface area contributed by atoms with Gasteiger partial charge in [-0.3, -0.25) is 4.79 Å². The lowest BCUT2D eigenvalue weighted by atomic mass is 10.00. The molecule has 0 aliphatic rings. The van der Waals surface area contributed by atoms with Crippen molar-refractivity contribution in [2.24, 2.45) is 0 Å². The zero-order chi connectivity index (χ0) is 24.9. The van der Waals surface area contributed by atoms with Gasteiger partial charge in [-0.2, -0.15) is 13.2 Å². The molecular formula is C25H27F3N2O4. The molecule has 1 aromatic heterocycles. The van der Waals surface area contributed by atoms with Crippen LogP contribution in [0.1, 0.15) is 35.1 Å². The predicted molar refractivity (Wildman–Crippen MR) is 122 cm³/mol. The van der Waals surface area contributed by atoms with E-state index >= 15 is 0 Å². The second-order valence-corrected chi connectivity index (χ2v) is 8.12. The van der Waals surface area contributed by atoms with Gasteiger partial charge in [-0.25, -0.2) is 0 Å². The number of ether oxygens (including phenoxy) is 1. The van der Waals surface area contributed by atoms with E-state index in [0.29, 0.717) is 23.3 Å². The number of benzene rings is 2. The summed E-state index contributed by atoms with van der Waals surface area (Å²) in [6.45, 7) is 5.77. The minimum Gasteiger partial charge on any atom is -0.491 e. The van der Waals surface area contributed by atoms with Gasteiger partial charge in [-0.15, -0.1) is 0 Å². The molecule has 182 valence electrons. The molecular weight excluding hydrogens is 449 g/mol. The number of aliphatic hydroxyl groups is 1. The van der Waals surface area contributed by atoms with E-state index in [9.17, 15) is 23.1 Å². The standard InChI is InChI=1S/C25H27F3N2O4/c1-15-4-9-22(10-16(15)2)33-14-21(31)12-29-24(32)17(3)18-5-7-20(8-6-18)30-23-11-19(13-34-23)25(26,27)28/h4-11,13,17,21,30-31H,12,14H2,1-3H3,(H,29,32). The van der Waals surface area contributed by atoms with Crippen LogP contribution >= 0.6 is 0 Å². The van der Waals surface area contributed by atoms with Crippen LogP contribution in [-0.4, -0.2) is 30.3 Å². The van der Waals surface area contributed by atoms with E-state index in [2.05, 4.69) is 10.6 Å². The van der Waals surface area contributed by atoms with Gasteiger partial charge in [0.1, 0.15) is 24.7 Å². The quantitative estimate of drug-likeness (QED) is 0.389. The van der Waals surface area contributed by atoms with Crippen molar-refractivity contribution in [3.63, 3.8) is 0 Å². The first-order valence-electron chi connectivity index (χ1n) is 10.7. The second-order valence-electron chi connectivity index (χ2n) is 8.12. The van der Waals surface area contributed by atoms with Crippen molar-refractivity contribution in [3.05, 3.63) is 77.0 Å². The van der Waals surface area contributed by atoms with Crippen LogP contribution in [-0.2, 0) is 11.0 Å². The van der Waals surface area contributed by atoms with Crippen molar-refractivity contribution in [3.8, 4) is 5.75 Å². The van der Waals surface area contributed by atoms with Gasteiger partial charge >= 0.3 is 6.18 Å². The molecule has 3 N–H and O–H groups in total. The number of amides is 1. The van der Waals surface area contributed by atoms with Gasteiger partial charge in [0.25, 0.3) is 0 Å². The summed E-state index contributed by atoms with van der Waals surface area (Å²) >= 11 is 0. The summed E-state index contributed by atoms with van der Waals surface area (Å²) in [6, 6.07) is 13.2. The molecule has 1 heterocycles. The molecule has 1 amide bonds. The lowest BCUT2D eigenvalue weighted by Gasteiger charge is -2.17. The average molecular weight is 476 g/mol. The maximum absolute atomic E-state index is 12.7. The van der Waals surface area contributed by atoms with E-state index in [0.717, 1.165) is 17.2 Å². The predicted octanol–water partition coefficient (Wildman–Crippen LogP) is 5.32. The van der Waals surface area contributed by atoms with Crippen LogP contribution < -0.4 is 15.4 Å². The van der Waals surface area contributed by atoms with Gasteiger partial charge < -0.3 is 24.9 Å². The van der Waals surface area contributed by atoms with Crippen molar-refractivity contribution < 1.29 is 32.2 Å². The first-order valence-corrected chi connectivity index (χ1v) is 10.7. The third-order valence-electron chi connectivity index (χ3n) is 5.43. The van der Waals surface area contributed by atoms with E-state index in [4.69, 9.17) is 9.15 Å². The molecule has 6 nitrogen and oxygen atoms in total. The van der Waals surface area contributed by atoms with Crippen molar-refractivity contribution >= 4 is 17.5 Å². The van der Waals surface area contributed by atoms with Crippen molar-refractivity contribution in [1.29, 1.82) is 0 Å². The fourth-order valence-electron chi connectivity index (χ4n) is 3.13. The Morgan fingerprint density at radius 1 is 1.09 bits per heavy atom. The van der Waals surface area contributed by atoms with Crippen LogP contribution in [0.15, 0.2) is 59.2 Å². The molecule has 0 aliphatic carbocycles. The monoisotopic (exact) mass is 476 g/mol. The van der Waals surface area contributed by atoms with E-state index in [1.807, 2.05) is 32.0 Å². The molecule has 2 aromatic carbocycles. The number of aryl methyl sites for hydroxylation is 2. The highest BCUT2D eigenvalue weighted by Crippen LogP contribution is 2.33. The molecule has 0 saturated carbocycles. The Labute approximate surface area is 195 Å². The SMILES string of the molecule is Cc1ccc(OCC(O)CNC(=O)C(C)c2ccc(Nc3cc(C(F)(F)F)co3)cc2)cc1C. The molecule has 34 heavy (non-hydrogen) atoms. The topological polar surface area (TPSA) is 83.7 Å². The number of hydrogen-bond donors (Lipinski definition) is 3. The van der Waals surface area contributed by atoms with Gasteiger partial charge in [-0.1, -0.05) is 18.2 Å². The van der Waals surface area contributed by atoms with E-state index in [1.54, 1.807) is 31.2 Å². The van der Waals surface area contributed by atoms with E-state index in [-0.39, 0.29) is 24.9 Å². The van der Waals surface area contributed by atoms with Crippen LogP contribution in [0.5, 0.6) is 5.75 Å². The van der Waals surface area contributed by atoms with Gasteiger partial charge in [0.05, 0.1) is 11.5 Å². The fourth-order valence-corrected chi connectivity index (χ4v) is 3.13. The number of nitrogens with one attached hydrogen (secondary N) is 2. The number of rotatable bonds is 9.